The molecule has 0 aromatic carbocycles. The van der Waals surface area contributed by atoms with Crippen LogP contribution in [0.15, 0.2) is 11.6 Å². The lowest BCUT2D eigenvalue weighted by Crippen LogP contribution is -2.68. The highest BCUT2D eigenvalue weighted by atomic mass is 16.4. The van der Waals surface area contributed by atoms with E-state index >= 15 is 0 Å². The van der Waals surface area contributed by atoms with E-state index in [2.05, 4.69) is 40.7 Å². The fraction of sp³-hybridized carbons (Fsp3) is 0.867. The molecule has 0 radical (unpaired) electrons. The molecule has 35 heavy (non-hydrogen) atoms. The Morgan fingerprint density at radius 1 is 0.886 bits per heavy atom. The molecule has 0 aliphatic heterocycles. The van der Waals surface area contributed by atoms with Crippen LogP contribution in [-0.4, -0.2) is 23.1 Å². The SMILES string of the molecule is C[C@H]1[C@H](C)CC[C@]2(C(=O)[O-])CC[C@]3(C)C(=CC[C@@H]4[C@@]5(C)CC[C@H](O)[C@@](C)(C(=O)[O-])[C@@H]5CC[C@]43C)[C@H]12. The Bertz CT molecular complexity index is 972. The van der Waals surface area contributed by atoms with Crippen molar-refractivity contribution in [2.45, 2.75) is 105 Å². The molecular weight excluding hydrogens is 440 g/mol. The van der Waals surface area contributed by atoms with Gasteiger partial charge in [-0.3, -0.25) is 0 Å². The van der Waals surface area contributed by atoms with Crippen molar-refractivity contribution in [3.8, 4) is 0 Å². The van der Waals surface area contributed by atoms with Crippen LogP contribution < -0.4 is 10.2 Å². The molecule has 0 amide bonds. The van der Waals surface area contributed by atoms with Crippen LogP contribution in [0.1, 0.15) is 99.3 Å². The molecule has 5 aliphatic carbocycles. The Morgan fingerprint density at radius 3 is 2.20 bits per heavy atom. The number of hydrogen-bond donors (Lipinski definition) is 1. The summed E-state index contributed by atoms with van der Waals surface area (Å²) in [6.07, 6.45) is 8.51. The summed E-state index contributed by atoms with van der Waals surface area (Å²) >= 11 is 0. The summed E-state index contributed by atoms with van der Waals surface area (Å²) in [5.74, 6) is -1.02. The van der Waals surface area contributed by atoms with Gasteiger partial charge in [0.2, 0.25) is 0 Å². The molecule has 1 N–H and O–H groups in total. The fourth-order valence-electron chi connectivity index (χ4n) is 10.8. The average Bonchev–Trinajstić information content (AvgIpc) is 2.79. The van der Waals surface area contributed by atoms with Crippen LogP contribution in [0.3, 0.4) is 0 Å². The van der Waals surface area contributed by atoms with Crippen LogP contribution >= 0.6 is 0 Å². The minimum Gasteiger partial charge on any atom is -0.550 e. The third-order valence-corrected chi connectivity index (χ3v) is 13.5. The van der Waals surface area contributed by atoms with Crippen LogP contribution in [0, 0.1) is 56.7 Å². The number of fused-ring (bicyclic) bond motifs is 7. The second-order valence-corrected chi connectivity index (χ2v) is 14.2. The molecule has 11 atom stereocenters. The number of carbonyl (C=O) groups is 2. The monoisotopic (exact) mass is 484 g/mol. The van der Waals surface area contributed by atoms with E-state index in [-0.39, 0.29) is 28.1 Å². The van der Waals surface area contributed by atoms with Crippen molar-refractivity contribution in [1.82, 2.24) is 0 Å². The summed E-state index contributed by atoms with van der Waals surface area (Å²) in [5, 5.41) is 35.9. The zero-order chi connectivity index (χ0) is 25.8. The Labute approximate surface area is 210 Å². The normalized spacial score (nSPS) is 55.5. The van der Waals surface area contributed by atoms with Gasteiger partial charge in [0.25, 0.3) is 0 Å². The van der Waals surface area contributed by atoms with Gasteiger partial charge in [-0.05, 0) is 104 Å². The first-order valence-electron chi connectivity index (χ1n) is 14.0. The third-order valence-electron chi connectivity index (χ3n) is 13.5. The Morgan fingerprint density at radius 2 is 1.57 bits per heavy atom. The van der Waals surface area contributed by atoms with Crippen molar-refractivity contribution < 1.29 is 24.9 Å². The Hall–Kier alpha value is -1.36. The molecule has 4 saturated carbocycles. The topological polar surface area (TPSA) is 100 Å². The van der Waals surface area contributed by atoms with Crippen molar-refractivity contribution in [3.05, 3.63) is 11.6 Å². The largest absolute Gasteiger partial charge is 0.550 e. The highest BCUT2D eigenvalue weighted by molar-refractivity contribution is 5.75. The molecule has 5 nitrogen and oxygen atoms in total. The molecule has 0 unspecified atom stereocenters. The molecular formula is C30H44O5-2. The van der Waals surface area contributed by atoms with Gasteiger partial charge in [-0.1, -0.05) is 53.2 Å². The lowest BCUT2D eigenvalue weighted by molar-refractivity contribution is -0.336. The average molecular weight is 485 g/mol. The Balaban J connectivity index is 1.62. The van der Waals surface area contributed by atoms with Crippen LogP contribution in [0.25, 0.3) is 0 Å². The lowest BCUT2D eigenvalue weighted by Gasteiger charge is -2.72. The van der Waals surface area contributed by atoms with Gasteiger partial charge in [0, 0.05) is 16.8 Å². The zero-order valence-electron chi connectivity index (χ0n) is 22.5. The first-order chi connectivity index (χ1) is 16.2. The predicted octanol–water partition coefficient (Wildman–Crippen LogP) is 3.48. The van der Waals surface area contributed by atoms with Crippen LogP contribution in [0.2, 0.25) is 0 Å². The van der Waals surface area contributed by atoms with E-state index in [9.17, 15) is 24.9 Å². The van der Waals surface area contributed by atoms with E-state index < -0.39 is 28.9 Å². The van der Waals surface area contributed by atoms with E-state index in [4.69, 9.17) is 0 Å². The Kier molecular flexibility index (Phi) is 5.48. The number of carboxylic acids is 2. The second-order valence-electron chi connectivity index (χ2n) is 14.2. The summed E-state index contributed by atoms with van der Waals surface area (Å²) in [5.41, 5.74) is -1.01. The maximum atomic E-state index is 12.7. The summed E-state index contributed by atoms with van der Waals surface area (Å²) in [4.78, 5) is 25.1. The highest BCUT2D eigenvalue weighted by Crippen LogP contribution is 2.75. The number of aliphatic carboxylic acids is 2. The predicted molar refractivity (Wildman–Crippen MR) is 129 cm³/mol. The first kappa shape index (κ1) is 25.3. The van der Waals surface area contributed by atoms with Gasteiger partial charge in [-0.15, -0.1) is 0 Å². The summed E-state index contributed by atoms with van der Waals surface area (Å²) < 4.78 is 0. The quantitative estimate of drug-likeness (QED) is 0.605. The molecule has 0 saturated heterocycles. The van der Waals surface area contributed by atoms with E-state index in [0.29, 0.717) is 37.0 Å². The fourth-order valence-corrected chi connectivity index (χ4v) is 10.8. The molecule has 0 aromatic rings. The zero-order valence-corrected chi connectivity index (χ0v) is 22.5. The molecule has 0 heterocycles. The molecule has 0 spiro atoms. The summed E-state index contributed by atoms with van der Waals surface area (Å²) in [6, 6.07) is 0. The van der Waals surface area contributed by atoms with Gasteiger partial charge in [0.05, 0.1) is 12.1 Å². The van der Waals surface area contributed by atoms with E-state index in [0.717, 1.165) is 38.5 Å². The van der Waals surface area contributed by atoms with Gasteiger partial charge in [-0.25, -0.2) is 0 Å². The molecule has 0 aromatic heterocycles. The number of rotatable bonds is 2. The third kappa shape index (κ3) is 2.85. The summed E-state index contributed by atoms with van der Waals surface area (Å²) in [7, 11) is 0. The standard InChI is InChI=1S/C30H46O5/c1-17-9-14-30(25(34)35)16-15-27(4)19(23(30)18(17)2)7-8-20-26(3)12-11-22(31)29(6,24(32)33)21(26)10-13-28(20,27)5/h7,17-18,20-23,31H,8-16H2,1-6H3,(H,32,33)(H,34,35)/p-2/t17-,18+,20-,21-,22+,23+,26-,27-,28-,29+,30+/m1/s1. The van der Waals surface area contributed by atoms with Crippen molar-refractivity contribution >= 4 is 11.9 Å². The number of aliphatic hydroxyl groups excluding tert-OH is 1. The van der Waals surface area contributed by atoms with E-state index in [1.807, 2.05) is 0 Å². The van der Waals surface area contributed by atoms with Crippen molar-refractivity contribution in [2.75, 3.05) is 0 Å². The molecule has 196 valence electrons. The van der Waals surface area contributed by atoms with E-state index in [1.165, 1.54) is 5.57 Å². The maximum absolute atomic E-state index is 12.7. The smallest absolute Gasteiger partial charge is 0.0649 e. The minimum atomic E-state index is -1.23. The number of carbonyl (C=O) groups excluding carboxylic acids is 2. The van der Waals surface area contributed by atoms with Gasteiger partial charge in [-0.2, -0.15) is 0 Å². The van der Waals surface area contributed by atoms with Crippen LogP contribution in [-0.2, 0) is 9.59 Å². The number of aliphatic hydroxyl groups is 1. The maximum Gasteiger partial charge on any atom is 0.0649 e. The van der Waals surface area contributed by atoms with Crippen molar-refractivity contribution in [1.29, 1.82) is 0 Å². The van der Waals surface area contributed by atoms with E-state index in [1.54, 1.807) is 6.92 Å². The highest BCUT2D eigenvalue weighted by Gasteiger charge is 2.69. The number of hydrogen-bond acceptors (Lipinski definition) is 5. The van der Waals surface area contributed by atoms with Gasteiger partial charge in [0.15, 0.2) is 0 Å². The second kappa shape index (κ2) is 7.58. The molecule has 5 heteroatoms. The van der Waals surface area contributed by atoms with Crippen molar-refractivity contribution in [3.63, 3.8) is 0 Å². The van der Waals surface area contributed by atoms with Gasteiger partial charge in [0.1, 0.15) is 0 Å². The van der Waals surface area contributed by atoms with Crippen LogP contribution in [0.5, 0.6) is 0 Å². The number of carboxylic acid groups (broad SMARTS) is 2. The van der Waals surface area contributed by atoms with Gasteiger partial charge >= 0.3 is 0 Å². The summed E-state index contributed by atoms with van der Waals surface area (Å²) in [6.45, 7) is 13.3. The van der Waals surface area contributed by atoms with Crippen molar-refractivity contribution in [2.24, 2.45) is 56.7 Å². The lowest BCUT2D eigenvalue weighted by atomic mass is 9.33. The molecule has 4 fully saturated rings. The molecule has 0 bridgehead atoms. The molecule has 5 aliphatic rings. The molecule has 5 rings (SSSR count). The first-order valence-corrected chi connectivity index (χ1v) is 14.0. The minimum absolute atomic E-state index is 0.0139. The van der Waals surface area contributed by atoms with Gasteiger partial charge < -0.3 is 24.9 Å². The number of allylic oxidation sites excluding steroid dienone is 2. The van der Waals surface area contributed by atoms with Crippen LogP contribution in [0.4, 0.5) is 0 Å².